The van der Waals surface area contributed by atoms with E-state index >= 15 is 0 Å². The molecule has 0 unspecified atom stereocenters. The Morgan fingerprint density at radius 1 is 0.690 bits per heavy atom. The smallest absolute Gasteiger partial charge is 0.254 e. The van der Waals surface area contributed by atoms with Crippen molar-refractivity contribution in [2.45, 2.75) is 6.42 Å². The fourth-order valence-corrected chi connectivity index (χ4v) is 3.39. The molecule has 2 aromatic carbocycles. The van der Waals surface area contributed by atoms with Crippen LogP contribution in [0.2, 0.25) is 0 Å². The number of carbonyl (C=O) groups excluding carboxylic acids is 2. The normalized spacial score (nSPS) is 14.2. The van der Waals surface area contributed by atoms with E-state index in [9.17, 15) is 9.59 Å². The Hall–Kier alpha value is -3.22. The molecule has 2 aromatic rings. The zero-order chi connectivity index (χ0) is 20.8. The molecule has 2 amide bonds. The van der Waals surface area contributed by atoms with Gasteiger partial charge in [-0.1, -0.05) is 0 Å². The molecule has 1 aliphatic rings. The Bertz CT molecular complexity index is 866. The number of carbonyl (C=O) groups is 2. The predicted molar refractivity (Wildman–Crippen MR) is 109 cm³/mol. The van der Waals surface area contributed by atoms with Gasteiger partial charge in [-0.05, 0) is 48.9 Å². The average molecular weight is 398 g/mol. The maximum atomic E-state index is 12.9. The minimum absolute atomic E-state index is 0.0342. The fourth-order valence-electron chi connectivity index (χ4n) is 3.39. The van der Waals surface area contributed by atoms with E-state index in [0.717, 1.165) is 6.42 Å². The lowest BCUT2D eigenvalue weighted by Gasteiger charge is -2.22. The number of methoxy groups -OCH3 is 3. The molecule has 0 bridgehead atoms. The molecular formula is C22H26N2O5. The Morgan fingerprint density at radius 2 is 1.24 bits per heavy atom. The van der Waals surface area contributed by atoms with Crippen LogP contribution in [0.3, 0.4) is 0 Å². The monoisotopic (exact) mass is 398 g/mol. The minimum atomic E-state index is -0.0790. The molecule has 0 saturated carbocycles. The number of hydrogen-bond donors (Lipinski definition) is 0. The number of nitrogens with zero attached hydrogens (tertiary/aromatic N) is 2. The van der Waals surface area contributed by atoms with Gasteiger partial charge in [-0.15, -0.1) is 0 Å². The van der Waals surface area contributed by atoms with Gasteiger partial charge in [0.15, 0.2) is 11.5 Å². The van der Waals surface area contributed by atoms with Crippen LogP contribution >= 0.6 is 0 Å². The highest BCUT2D eigenvalue weighted by molar-refractivity contribution is 5.96. The van der Waals surface area contributed by atoms with E-state index in [1.807, 2.05) is 0 Å². The number of hydrogen-bond acceptors (Lipinski definition) is 5. The van der Waals surface area contributed by atoms with Crippen LogP contribution in [0.5, 0.6) is 17.2 Å². The summed E-state index contributed by atoms with van der Waals surface area (Å²) in [7, 11) is 4.69. The van der Waals surface area contributed by atoms with Gasteiger partial charge < -0.3 is 24.0 Å². The van der Waals surface area contributed by atoms with Crippen molar-refractivity contribution in [1.82, 2.24) is 9.80 Å². The summed E-state index contributed by atoms with van der Waals surface area (Å²) in [6.45, 7) is 2.18. The Labute approximate surface area is 170 Å². The average Bonchev–Trinajstić information content (AvgIpc) is 3.04. The Morgan fingerprint density at radius 3 is 1.79 bits per heavy atom. The van der Waals surface area contributed by atoms with Crippen molar-refractivity contribution in [3.05, 3.63) is 53.6 Å². The second kappa shape index (κ2) is 9.32. The molecule has 0 atom stereocenters. The quantitative estimate of drug-likeness (QED) is 0.775. The van der Waals surface area contributed by atoms with Gasteiger partial charge in [-0.25, -0.2) is 0 Å². The van der Waals surface area contributed by atoms with Gasteiger partial charge in [0.1, 0.15) is 5.75 Å². The molecule has 1 aliphatic heterocycles. The van der Waals surface area contributed by atoms with Crippen LogP contribution in [0.25, 0.3) is 0 Å². The Balaban J connectivity index is 1.67. The highest BCUT2D eigenvalue weighted by Crippen LogP contribution is 2.28. The van der Waals surface area contributed by atoms with Gasteiger partial charge in [0.25, 0.3) is 11.8 Å². The van der Waals surface area contributed by atoms with Gasteiger partial charge in [-0.2, -0.15) is 0 Å². The van der Waals surface area contributed by atoms with E-state index in [2.05, 4.69) is 0 Å². The van der Waals surface area contributed by atoms with E-state index in [0.29, 0.717) is 54.6 Å². The molecule has 0 aliphatic carbocycles. The summed E-state index contributed by atoms with van der Waals surface area (Å²) in [5.41, 5.74) is 1.16. The number of benzene rings is 2. The zero-order valence-electron chi connectivity index (χ0n) is 17.0. The summed E-state index contributed by atoms with van der Waals surface area (Å²) in [5.74, 6) is 1.70. The fraction of sp³-hybridized carbons (Fsp3) is 0.364. The molecule has 154 valence electrons. The molecule has 0 N–H and O–H groups in total. The van der Waals surface area contributed by atoms with Crippen LogP contribution in [0.1, 0.15) is 27.1 Å². The van der Waals surface area contributed by atoms with Crippen molar-refractivity contribution in [2.24, 2.45) is 0 Å². The van der Waals surface area contributed by atoms with Crippen molar-refractivity contribution in [3.8, 4) is 17.2 Å². The van der Waals surface area contributed by atoms with Crippen molar-refractivity contribution in [1.29, 1.82) is 0 Å². The molecule has 1 saturated heterocycles. The molecular weight excluding hydrogens is 372 g/mol. The topological polar surface area (TPSA) is 68.3 Å². The molecule has 7 heteroatoms. The molecule has 7 nitrogen and oxygen atoms in total. The number of ether oxygens (including phenoxy) is 3. The lowest BCUT2D eigenvalue weighted by molar-refractivity contribution is 0.0718. The number of amides is 2. The van der Waals surface area contributed by atoms with Crippen LogP contribution in [0.15, 0.2) is 42.5 Å². The first-order valence-electron chi connectivity index (χ1n) is 9.52. The van der Waals surface area contributed by atoms with E-state index in [1.165, 1.54) is 0 Å². The first-order valence-corrected chi connectivity index (χ1v) is 9.52. The highest BCUT2D eigenvalue weighted by atomic mass is 16.5. The largest absolute Gasteiger partial charge is 0.497 e. The van der Waals surface area contributed by atoms with Crippen LogP contribution in [0.4, 0.5) is 0 Å². The standard InChI is InChI=1S/C22H26N2O5/c1-27-18-8-5-16(6-9-18)21(25)23-11-4-12-24(14-13-23)22(26)17-7-10-19(28-2)20(15-17)29-3/h5-10,15H,4,11-14H2,1-3H3. The SMILES string of the molecule is COc1ccc(C(=O)N2CCCN(C(=O)c3ccc(OC)c(OC)c3)CC2)cc1. The summed E-state index contributed by atoms with van der Waals surface area (Å²) >= 11 is 0. The van der Waals surface area contributed by atoms with E-state index in [4.69, 9.17) is 14.2 Å². The minimum Gasteiger partial charge on any atom is -0.497 e. The highest BCUT2D eigenvalue weighted by Gasteiger charge is 2.24. The van der Waals surface area contributed by atoms with Gasteiger partial charge in [-0.3, -0.25) is 9.59 Å². The molecule has 0 spiro atoms. The second-order valence-corrected chi connectivity index (χ2v) is 6.74. The summed E-state index contributed by atoms with van der Waals surface area (Å²) in [5, 5.41) is 0. The lowest BCUT2D eigenvalue weighted by atomic mass is 10.1. The van der Waals surface area contributed by atoms with Crippen molar-refractivity contribution < 1.29 is 23.8 Å². The molecule has 0 aromatic heterocycles. The van der Waals surface area contributed by atoms with E-state index in [-0.39, 0.29) is 11.8 Å². The molecule has 0 radical (unpaired) electrons. The maximum absolute atomic E-state index is 12.9. The van der Waals surface area contributed by atoms with Crippen LogP contribution in [-0.2, 0) is 0 Å². The molecule has 1 heterocycles. The van der Waals surface area contributed by atoms with E-state index < -0.39 is 0 Å². The van der Waals surface area contributed by atoms with Gasteiger partial charge >= 0.3 is 0 Å². The van der Waals surface area contributed by atoms with Crippen molar-refractivity contribution >= 4 is 11.8 Å². The summed E-state index contributed by atoms with van der Waals surface area (Å²) in [6.07, 6.45) is 0.723. The Kier molecular flexibility index (Phi) is 6.59. The van der Waals surface area contributed by atoms with Crippen LogP contribution in [-0.4, -0.2) is 69.1 Å². The molecule has 3 rings (SSSR count). The predicted octanol–water partition coefficient (Wildman–Crippen LogP) is 2.70. The lowest BCUT2D eigenvalue weighted by Crippen LogP contribution is -2.37. The van der Waals surface area contributed by atoms with Gasteiger partial charge in [0.05, 0.1) is 21.3 Å². The third-order valence-electron chi connectivity index (χ3n) is 5.04. The first-order chi connectivity index (χ1) is 14.1. The summed E-state index contributed by atoms with van der Waals surface area (Å²) in [4.78, 5) is 29.3. The van der Waals surface area contributed by atoms with Crippen molar-refractivity contribution in [3.63, 3.8) is 0 Å². The second-order valence-electron chi connectivity index (χ2n) is 6.74. The van der Waals surface area contributed by atoms with E-state index in [1.54, 1.807) is 73.6 Å². The maximum Gasteiger partial charge on any atom is 0.254 e. The molecule has 1 fully saturated rings. The van der Waals surface area contributed by atoms with Crippen molar-refractivity contribution in [2.75, 3.05) is 47.5 Å². The van der Waals surface area contributed by atoms with Gasteiger partial charge in [0.2, 0.25) is 0 Å². The first kappa shape index (κ1) is 20.5. The number of rotatable bonds is 5. The summed E-state index contributed by atoms with van der Waals surface area (Å²) in [6, 6.07) is 12.2. The van der Waals surface area contributed by atoms with Gasteiger partial charge in [0, 0.05) is 37.3 Å². The van der Waals surface area contributed by atoms with Crippen LogP contribution in [0, 0.1) is 0 Å². The zero-order valence-corrected chi connectivity index (χ0v) is 17.0. The van der Waals surface area contributed by atoms with Crippen LogP contribution < -0.4 is 14.2 Å². The third-order valence-corrected chi connectivity index (χ3v) is 5.04. The molecule has 29 heavy (non-hydrogen) atoms. The third kappa shape index (κ3) is 4.62. The summed E-state index contributed by atoms with van der Waals surface area (Å²) < 4.78 is 15.7.